The zero-order chi connectivity index (χ0) is 14.3. The highest BCUT2D eigenvalue weighted by molar-refractivity contribution is 5.78. The lowest BCUT2D eigenvalue weighted by molar-refractivity contribution is -0.122. The Balaban J connectivity index is 1.29. The molecule has 0 aromatic rings. The van der Waals surface area contributed by atoms with Crippen molar-refractivity contribution in [1.29, 1.82) is 0 Å². The predicted octanol–water partition coefficient (Wildman–Crippen LogP) is 2.99. The summed E-state index contributed by atoms with van der Waals surface area (Å²) in [5.41, 5.74) is 0.318. The SMILES string of the molecule is O=C(CNC12CC3CC(CC(C3)C1)C2)NC1CCCCC1. The Kier molecular flexibility index (Phi) is 3.72. The van der Waals surface area contributed by atoms with Gasteiger partial charge in [0.2, 0.25) is 5.91 Å². The van der Waals surface area contributed by atoms with Crippen LogP contribution < -0.4 is 10.6 Å². The smallest absolute Gasteiger partial charge is 0.234 e. The van der Waals surface area contributed by atoms with Crippen LogP contribution in [0.3, 0.4) is 0 Å². The topological polar surface area (TPSA) is 41.1 Å². The Hall–Kier alpha value is -0.570. The lowest BCUT2D eigenvalue weighted by Gasteiger charge is -2.57. The van der Waals surface area contributed by atoms with Crippen molar-refractivity contribution in [1.82, 2.24) is 10.6 Å². The molecule has 0 spiro atoms. The largest absolute Gasteiger partial charge is 0.352 e. The molecule has 21 heavy (non-hydrogen) atoms. The Morgan fingerprint density at radius 2 is 1.48 bits per heavy atom. The van der Waals surface area contributed by atoms with Crippen LogP contribution in [0.2, 0.25) is 0 Å². The zero-order valence-electron chi connectivity index (χ0n) is 13.2. The Morgan fingerprint density at radius 1 is 0.905 bits per heavy atom. The van der Waals surface area contributed by atoms with Crippen molar-refractivity contribution < 1.29 is 4.79 Å². The second-order valence-corrected chi connectivity index (χ2v) is 8.45. The third kappa shape index (κ3) is 2.99. The van der Waals surface area contributed by atoms with E-state index in [-0.39, 0.29) is 5.91 Å². The quantitative estimate of drug-likeness (QED) is 0.835. The molecule has 5 aliphatic rings. The van der Waals surface area contributed by atoms with E-state index >= 15 is 0 Å². The minimum Gasteiger partial charge on any atom is -0.352 e. The van der Waals surface area contributed by atoms with E-state index in [0.29, 0.717) is 18.1 Å². The number of carbonyl (C=O) groups is 1. The third-order valence-corrected chi connectivity index (χ3v) is 6.63. The molecule has 0 saturated heterocycles. The molecule has 0 aromatic heterocycles. The Morgan fingerprint density at radius 3 is 2.05 bits per heavy atom. The highest BCUT2D eigenvalue weighted by Gasteiger charge is 2.50. The second kappa shape index (κ2) is 5.57. The molecular weight excluding hydrogens is 260 g/mol. The van der Waals surface area contributed by atoms with E-state index in [9.17, 15) is 4.79 Å². The number of amides is 1. The highest BCUT2D eigenvalue weighted by Crippen LogP contribution is 2.55. The monoisotopic (exact) mass is 290 g/mol. The number of nitrogens with one attached hydrogen (secondary N) is 2. The summed E-state index contributed by atoms with van der Waals surface area (Å²) in [5.74, 6) is 3.08. The van der Waals surface area contributed by atoms with Crippen molar-refractivity contribution in [2.75, 3.05) is 6.54 Å². The fourth-order valence-electron chi connectivity index (χ4n) is 6.12. The summed E-state index contributed by atoms with van der Waals surface area (Å²) in [7, 11) is 0. The molecule has 2 N–H and O–H groups in total. The molecule has 3 nitrogen and oxygen atoms in total. The first-order valence-corrected chi connectivity index (χ1v) is 9.25. The van der Waals surface area contributed by atoms with Crippen LogP contribution >= 0.6 is 0 Å². The van der Waals surface area contributed by atoms with Gasteiger partial charge in [-0.15, -0.1) is 0 Å². The summed E-state index contributed by atoms with van der Waals surface area (Å²) in [5, 5.41) is 6.95. The molecule has 0 aliphatic heterocycles. The van der Waals surface area contributed by atoms with E-state index < -0.39 is 0 Å². The van der Waals surface area contributed by atoms with Crippen molar-refractivity contribution in [3.63, 3.8) is 0 Å². The molecule has 0 heterocycles. The predicted molar refractivity (Wildman–Crippen MR) is 83.9 cm³/mol. The van der Waals surface area contributed by atoms with Gasteiger partial charge < -0.3 is 10.6 Å². The van der Waals surface area contributed by atoms with Gasteiger partial charge in [-0.1, -0.05) is 19.3 Å². The zero-order valence-corrected chi connectivity index (χ0v) is 13.2. The van der Waals surface area contributed by atoms with E-state index in [1.54, 1.807) is 0 Å². The molecule has 5 aliphatic carbocycles. The standard InChI is InChI=1S/C18H30N2O/c21-17(20-16-4-2-1-3-5-16)12-19-18-9-13-6-14(10-18)8-15(7-13)11-18/h13-16,19H,1-12H2,(H,20,21). The summed E-state index contributed by atoms with van der Waals surface area (Å²) in [6.45, 7) is 0.544. The van der Waals surface area contributed by atoms with E-state index in [1.807, 2.05) is 0 Å². The maximum absolute atomic E-state index is 12.2. The third-order valence-electron chi connectivity index (χ3n) is 6.63. The van der Waals surface area contributed by atoms with E-state index in [4.69, 9.17) is 0 Å². The van der Waals surface area contributed by atoms with Gasteiger partial charge in [0.1, 0.15) is 0 Å². The molecule has 0 unspecified atom stereocenters. The average molecular weight is 290 g/mol. The molecule has 118 valence electrons. The molecule has 0 aromatic carbocycles. The Labute approximate surface area is 128 Å². The van der Waals surface area contributed by atoms with Crippen LogP contribution in [0.1, 0.15) is 70.6 Å². The molecule has 5 rings (SSSR count). The second-order valence-electron chi connectivity index (χ2n) is 8.45. The van der Waals surface area contributed by atoms with Gasteiger partial charge in [-0.25, -0.2) is 0 Å². The minimum atomic E-state index is 0.234. The van der Waals surface area contributed by atoms with Crippen LogP contribution in [-0.4, -0.2) is 24.0 Å². The fourth-order valence-corrected chi connectivity index (χ4v) is 6.12. The summed E-state index contributed by atoms with van der Waals surface area (Å²) in [6.07, 6.45) is 14.7. The van der Waals surface area contributed by atoms with Gasteiger partial charge in [-0.3, -0.25) is 4.79 Å². The van der Waals surface area contributed by atoms with Crippen molar-refractivity contribution in [3.05, 3.63) is 0 Å². The number of rotatable bonds is 4. The first kappa shape index (κ1) is 14.0. The van der Waals surface area contributed by atoms with Crippen LogP contribution in [0.15, 0.2) is 0 Å². The molecule has 3 heteroatoms. The summed E-state index contributed by atoms with van der Waals surface area (Å²) < 4.78 is 0. The fraction of sp³-hybridized carbons (Fsp3) is 0.944. The average Bonchev–Trinajstić information content (AvgIpc) is 2.45. The van der Waals surface area contributed by atoms with Gasteiger partial charge in [0.15, 0.2) is 0 Å². The van der Waals surface area contributed by atoms with Crippen LogP contribution in [-0.2, 0) is 4.79 Å². The summed E-state index contributed by atoms with van der Waals surface area (Å²) in [6, 6.07) is 0.449. The van der Waals surface area contributed by atoms with E-state index in [2.05, 4.69) is 10.6 Å². The maximum atomic E-state index is 12.2. The maximum Gasteiger partial charge on any atom is 0.234 e. The lowest BCUT2D eigenvalue weighted by atomic mass is 9.53. The van der Waals surface area contributed by atoms with Crippen molar-refractivity contribution in [2.24, 2.45) is 17.8 Å². The van der Waals surface area contributed by atoms with Crippen molar-refractivity contribution in [2.45, 2.75) is 82.2 Å². The molecule has 5 fully saturated rings. The van der Waals surface area contributed by atoms with Crippen LogP contribution in [0, 0.1) is 17.8 Å². The van der Waals surface area contributed by atoms with Crippen molar-refractivity contribution in [3.8, 4) is 0 Å². The lowest BCUT2D eigenvalue weighted by Crippen LogP contribution is -2.60. The summed E-state index contributed by atoms with van der Waals surface area (Å²) >= 11 is 0. The number of hydrogen-bond donors (Lipinski definition) is 2. The normalized spacial score (nSPS) is 42.2. The molecule has 0 atom stereocenters. The molecule has 4 bridgehead atoms. The van der Waals surface area contributed by atoms with Crippen molar-refractivity contribution >= 4 is 5.91 Å². The number of carbonyl (C=O) groups excluding carboxylic acids is 1. The van der Waals surface area contributed by atoms with Gasteiger partial charge in [0.05, 0.1) is 6.54 Å². The first-order valence-electron chi connectivity index (χ1n) is 9.25. The Bertz CT molecular complexity index is 365. The molecule has 5 saturated carbocycles. The van der Waals surface area contributed by atoms with Crippen LogP contribution in [0.5, 0.6) is 0 Å². The minimum absolute atomic E-state index is 0.234. The molecule has 1 amide bonds. The number of hydrogen-bond acceptors (Lipinski definition) is 2. The van der Waals surface area contributed by atoms with Gasteiger partial charge in [0, 0.05) is 11.6 Å². The van der Waals surface area contributed by atoms with Crippen LogP contribution in [0.4, 0.5) is 0 Å². The van der Waals surface area contributed by atoms with Gasteiger partial charge >= 0.3 is 0 Å². The van der Waals surface area contributed by atoms with Gasteiger partial charge in [-0.05, 0) is 69.1 Å². The first-order chi connectivity index (χ1) is 10.2. The van der Waals surface area contributed by atoms with E-state index in [1.165, 1.54) is 70.6 Å². The van der Waals surface area contributed by atoms with Crippen LogP contribution in [0.25, 0.3) is 0 Å². The highest BCUT2D eigenvalue weighted by atomic mass is 16.2. The van der Waals surface area contributed by atoms with Gasteiger partial charge in [-0.2, -0.15) is 0 Å². The summed E-state index contributed by atoms with van der Waals surface area (Å²) in [4.78, 5) is 12.2. The molecule has 0 radical (unpaired) electrons. The molecular formula is C18H30N2O. The van der Waals surface area contributed by atoms with E-state index in [0.717, 1.165) is 17.8 Å². The van der Waals surface area contributed by atoms with Gasteiger partial charge in [0.25, 0.3) is 0 Å².